The first-order valence-corrected chi connectivity index (χ1v) is 5.26. The third kappa shape index (κ3) is 2.62. The van der Waals surface area contributed by atoms with Crippen molar-refractivity contribution in [3.8, 4) is 6.07 Å². The van der Waals surface area contributed by atoms with E-state index in [2.05, 4.69) is 5.32 Å². The Kier molecular flexibility index (Phi) is 3.43. The number of halogens is 1. The zero-order valence-electron chi connectivity index (χ0n) is 9.79. The SMILES string of the molecule is N#Cc1cc(NC(=O)c2ccc([N+](=O)[O-])o2)ccc1F. The predicted molar refractivity (Wildman–Crippen MR) is 64.4 cm³/mol. The third-order valence-electron chi connectivity index (χ3n) is 2.34. The molecule has 7 nitrogen and oxygen atoms in total. The Morgan fingerprint density at radius 1 is 1.40 bits per heavy atom. The van der Waals surface area contributed by atoms with Gasteiger partial charge in [0.25, 0.3) is 5.91 Å². The minimum atomic E-state index is -0.775. The van der Waals surface area contributed by atoms with Crippen molar-refractivity contribution in [3.63, 3.8) is 0 Å². The number of amides is 1. The van der Waals surface area contributed by atoms with E-state index in [0.29, 0.717) is 0 Å². The fraction of sp³-hybridized carbons (Fsp3) is 0. The van der Waals surface area contributed by atoms with Crippen LogP contribution >= 0.6 is 0 Å². The average molecular weight is 275 g/mol. The van der Waals surface area contributed by atoms with Crippen LogP contribution in [0.2, 0.25) is 0 Å². The van der Waals surface area contributed by atoms with Crippen molar-refractivity contribution in [3.05, 3.63) is 57.6 Å². The summed E-state index contributed by atoms with van der Waals surface area (Å²) in [6.07, 6.45) is 0. The van der Waals surface area contributed by atoms with Gasteiger partial charge in [0.1, 0.15) is 16.8 Å². The highest BCUT2D eigenvalue weighted by atomic mass is 19.1. The second-order valence-corrected chi connectivity index (χ2v) is 3.66. The largest absolute Gasteiger partial charge is 0.433 e. The maximum Gasteiger partial charge on any atom is 0.433 e. The Balaban J connectivity index is 2.19. The lowest BCUT2D eigenvalue weighted by Gasteiger charge is -2.03. The molecular formula is C12H6FN3O4. The highest BCUT2D eigenvalue weighted by Gasteiger charge is 2.17. The number of hydrogen-bond acceptors (Lipinski definition) is 5. The minimum absolute atomic E-state index is 0.173. The summed E-state index contributed by atoms with van der Waals surface area (Å²) in [5.74, 6) is -2.28. The first-order valence-electron chi connectivity index (χ1n) is 5.26. The van der Waals surface area contributed by atoms with Gasteiger partial charge in [-0.25, -0.2) is 4.39 Å². The smallest absolute Gasteiger partial charge is 0.395 e. The Bertz CT molecular complexity index is 733. The van der Waals surface area contributed by atoms with E-state index < -0.39 is 22.5 Å². The quantitative estimate of drug-likeness (QED) is 0.683. The van der Waals surface area contributed by atoms with Gasteiger partial charge in [-0.1, -0.05) is 0 Å². The van der Waals surface area contributed by atoms with Gasteiger partial charge in [-0.05, 0) is 24.3 Å². The molecule has 2 rings (SSSR count). The molecule has 0 fully saturated rings. The van der Waals surface area contributed by atoms with Gasteiger partial charge in [-0.3, -0.25) is 14.9 Å². The lowest BCUT2D eigenvalue weighted by Crippen LogP contribution is -2.11. The van der Waals surface area contributed by atoms with Crippen molar-refractivity contribution in [2.45, 2.75) is 0 Å². The first-order chi connectivity index (χ1) is 9.51. The van der Waals surface area contributed by atoms with Crippen LogP contribution in [0.1, 0.15) is 16.1 Å². The summed E-state index contributed by atoms with van der Waals surface area (Å²) in [5, 5.41) is 21.4. The zero-order chi connectivity index (χ0) is 14.7. The molecule has 0 aliphatic rings. The maximum absolute atomic E-state index is 13.1. The van der Waals surface area contributed by atoms with Crippen LogP contribution in [0.15, 0.2) is 34.7 Å². The topological polar surface area (TPSA) is 109 Å². The Morgan fingerprint density at radius 2 is 2.15 bits per heavy atom. The molecule has 0 aliphatic carbocycles. The van der Waals surface area contributed by atoms with Gasteiger partial charge < -0.3 is 9.73 Å². The van der Waals surface area contributed by atoms with Crippen LogP contribution in [0.4, 0.5) is 16.0 Å². The molecule has 1 aromatic carbocycles. The molecule has 100 valence electrons. The molecule has 1 aromatic heterocycles. The van der Waals surface area contributed by atoms with Gasteiger partial charge >= 0.3 is 5.88 Å². The molecule has 2 aromatic rings. The monoisotopic (exact) mass is 275 g/mol. The second-order valence-electron chi connectivity index (χ2n) is 3.66. The van der Waals surface area contributed by atoms with E-state index in [-0.39, 0.29) is 17.0 Å². The van der Waals surface area contributed by atoms with Crippen LogP contribution in [0.25, 0.3) is 0 Å². The lowest BCUT2D eigenvalue weighted by molar-refractivity contribution is -0.402. The Hall–Kier alpha value is -3.21. The number of carbonyl (C=O) groups excluding carboxylic acids is 1. The zero-order valence-corrected chi connectivity index (χ0v) is 9.79. The molecule has 0 spiro atoms. The summed E-state index contributed by atoms with van der Waals surface area (Å²) < 4.78 is 17.8. The predicted octanol–water partition coefficient (Wildman–Crippen LogP) is 2.45. The summed E-state index contributed by atoms with van der Waals surface area (Å²) in [7, 11) is 0. The van der Waals surface area contributed by atoms with Crippen LogP contribution < -0.4 is 5.32 Å². The molecule has 0 saturated heterocycles. The van der Waals surface area contributed by atoms with Gasteiger partial charge in [-0.2, -0.15) is 5.26 Å². The van der Waals surface area contributed by atoms with Crippen molar-refractivity contribution in [2.24, 2.45) is 0 Å². The lowest BCUT2D eigenvalue weighted by atomic mass is 10.2. The summed E-state index contributed by atoms with van der Waals surface area (Å²) >= 11 is 0. The van der Waals surface area contributed by atoms with Crippen LogP contribution in [0.5, 0.6) is 0 Å². The molecule has 8 heteroatoms. The Labute approximate surface area is 111 Å². The van der Waals surface area contributed by atoms with E-state index in [1.165, 1.54) is 6.07 Å². The van der Waals surface area contributed by atoms with Crippen molar-refractivity contribution >= 4 is 17.5 Å². The van der Waals surface area contributed by atoms with Crippen molar-refractivity contribution < 1.29 is 18.5 Å². The second kappa shape index (κ2) is 5.19. The molecule has 0 bridgehead atoms. The van der Waals surface area contributed by atoms with Gasteiger partial charge in [0.2, 0.25) is 0 Å². The van der Waals surface area contributed by atoms with Crippen LogP contribution in [-0.4, -0.2) is 10.8 Å². The number of nitro groups is 1. The van der Waals surface area contributed by atoms with E-state index in [9.17, 15) is 19.3 Å². The number of carbonyl (C=O) groups is 1. The standard InChI is InChI=1S/C12H6FN3O4/c13-9-2-1-8(5-7(9)6-14)15-12(17)10-3-4-11(20-10)16(18)19/h1-5H,(H,15,17). The number of nitrogens with one attached hydrogen (secondary N) is 1. The molecular weight excluding hydrogens is 269 g/mol. The van der Waals surface area contributed by atoms with E-state index in [1.807, 2.05) is 0 Å². The molecule has 0 saturated carbocycles. The van der Waals surface area contributed by atoms with Crippen molar-refractivity contribution in [1.82, 2.24) is 0 Å². The number of anilines is 1. The van der Waals surface area contributed by atoms with Gasteiger partial charge in [0.05, 0.1) is 11.6 Å². The molecule has 0 atom stereocenters. The fourth-order valence-electron chi connectivity index (χ4n) is 1.43. The average Bonchev–Trinajstić information content (AvgIpc) is 2.91. The summed E-state index contributed by atoms with van der Waals surface area (Å²) in [4.78, 5) is 21.4. The Morgan fingerprint density at radius 3 is 2.75 bits per heavy atom. The maximum atomic E-state index is 13.1. The number of nitriles is 1. The van der Waals surface area contributed by atoms with Crippen molar-refractivity contribution in [1.29, 1.82) is 5.26 Å². The number of furan rings is 1. The van der Waals surface area contributed by atoms with Crippen molar-refractivity contribution in [2.75, 3.05) is 5.32 Å². The van der Waals surface area contributed by atoms with Crippen LogP contribution in [-0.2, 0) is 0 Å². The number of rotatable bonds is 3. The van der Waals surface area contributed by atoms with E-state index in [1.54, 1.807) is 6.07 Å². The highest BCUT2D eigenvalue weighted by molar-refractivity contribution is 6.02. The number of benzene rings is 1. The molecule has 1 amide bonds. The number of hydrogen-bond donors (Lipinski definition) is 1. The van der Waals surface area contributed by atoms with E-state index >= 15 is 0 Å². The minimum Gasteiger partial charge on any atom is -0.395 e. The number of nitrogens with zero attached hydrogens (tertiary/aromatic N) is 2. The molecule has 0 aliphatic heterocycles. The normalized spacial score (nSPS) is 9.80. The summed E-state index contributed by atoms with van der Waals surface area (Å²) in [6.45, 7) is 0. The molecule has 20 heavy (non-hydrogen) atoms. The molecule has 0 unspecified atom stereocenters. The van der Waals surface area contributed by atoms with Gasteiger partial charge in [0.15, 0.2) is 5.76 Å². The summed E-state index contributed by atoms with van der Waals surface area (Å²) in [6, 6.07) is 7.24. The van der Waals surface area contributed by atoms with Crippen LogP contribution in [0, 0.1) is 27.3 Å². The summed E-state index contributed by atoms with van der Waals surface area (Å²) in [5.41, 5.74) is -0.0553. The van der Waals surface area contributed by atoms with Gasteiger partial charge in [-0.15, -0.1) is 0 Å². The first kappa shape index (κ1) is 13.2. The third-order valence-corrected chi connectivity index (χ3v) is 2.34. The molecule has 0 radical (unpaired) electrons. The van der Waals surface area contributed by atoms with E-state index in [4.69, 9.17) is 9.68 Å². The molecule has 1 heterocycles. The van der Waals surface area contributed by atoms with Gasteiger partial charge in [0, 0.05) is 5.69 Å². The van der Waals surface area contributed by atoms with E-state index in [0.717, 1.165) is 24.3 Å². The van der Waals surface area contributed by atoms with Crippen LogP contribution in [0.3, 0.4) is 0 Å². The molecule has 1 N–H and O–H groups in total. The fourth-order valence-corrected chi connectivity index (χ4v) is 1.43. The highest BCUT2D eigenvalue weighted by Crippen LogP contribution is 2.18.